The molecule has 6 heteroatoms. The van der Waals surface area contributed by atoms with Crippen molar-refractivity contribution in [2.24, 2.45) is 0 Å². The second-order valence-electron chi connectivity index (χ2n) is 5.90. The van der Waals surface area contributed by atoms with Gasteiger partial charge in [0.1, 0.15) is 5.75 Å². The van der Waals surface area contributed by atoms with Crippen LogP contribution in [0.4, 0.5) is 0 Å². The second kappa shape index (κ2) is 9.58. The van der Waals surface area contributed by atoms with Crippen LogP contribution in [0.3, 0.4) is 0 Å². The number of rotatable bonds is 7. The molecule has 0 radical (unpaired) electrons. The molecule has 26 heavy (non-hydrogen) atoms. The minimum atomic E-state index is -0.697. The van der Waals surface area contributed by atoms with Crippen LogP contribution in [-0.2, 0) is 16.1 Å². The number of nitrogens with zero attached hydrogens (tertiary/aromatic N) is 1. The fourth-order valence-electron chi connectivity index (χ4n) is 2.55. The standard InChI is InChI=1S/C20H24N2O4/c1-15(17-8-10-18(26-2)11-9-17)21-19(24)20(25)22(12-13-23)14-16-6-4-3-5-7-16/h3-11,15,23H,12-14H2,1-2H3,(H,21,24). The van der Waals surface area contributed by atoms with E-state index in [0.717, 1.165) is 16.9 Å². The first-order valence-electron chi connectivity index (χ1n) is 8.43. The average Bonchev–Trinajstić information content (AvgIpc) is 2.67. The summed E-state index contributed by atoms with van der Waals surface area (Å²) < 4.78 is 5.11. The van der Waals surface area contributed by atoms with Crippen molar-refractivity contribution < 1.29 is 19.4 Å². The summed E-state index contributed by atoms with van der Waals surface area (Å²) in [4.78, 5) is 26.2. The monoisotopic (exact) mass is 356 g/mol. The molecule has 1 unspecified atom stereocenters. The van der Waals surface area contributed by atoms with Crippen LogP contribution >= 0.6 is 0 Å². The third-order valence-electron chi connectivity index (χ3n) is 4.03. The van der Waals surface area contributed by atoms with Crippen molar-refractivity contribution in [2.45, 2.75) is 19.5 Å². The highest BCUT2D eigenvalue weighted by Gasteiger charge is 2.23. The number of carbonyl (C=O) groups excluding carboxylic acids is 2. The fraction of sp³-hybridized carbons (Fsp3) is 0.300. The Labute approximate surface area is 153 Å². The molecule has 2 rings (SSSR count). The van der Waals surface area contributed by atoms with E-state index in [2.05, 4.69) is 5.32 Å². The van der Waals surface area contributed by atoms with Gasteiger partial charge in [0.15, 0.2) is 0 Å². The van der Waals surface area contributed by atoms with E-state index in [1.807, 2.05) is 42.5 Å². The number of nitrogens with one attached hydrogen (secondary N) is 1. The smallest absolute Gasteiger partial charge is 0.312 e. The van der Waals surface area contributed by atoms with Crippen LogP contribution in [0.15, 0.2) is 54.6 Å². The molecule has 0 aromatic heterocycles. The number of aliphatic hydroxyl groups is 1. The Balaban J connectivity index is 2.01. The van der Waals surface area contributed by atoms with Gasteiger partial charge in [-0.05, 0) is 30.2 Å². The Bertz CT molecular complexity index is 716. The van der Waals surface area contributed by atoms with Crippen LogP contribution in [0.1, 0.15) is 24.1 Å². The number of hydrogen-bond acceptors (Lipinski definition) is 4. The van der Waals surface area contributed by atoms with E-state index in [9.17, 15) is 14.7 Å². The maximum atomic E-state index is 12.5. The summed E-state index contributed by atoms with van der Waals surface area (Å²) >= 11 is 0. The molecular formula is C20H24N2O4. The molecule has 0 aliphatic rings. The topological polar surface area (TPSA) is 78.9 Å². The minimum absolute atomic E-state index is 0.0953. The molecule has 0 bridgehead atoms. The quantitative estimate of drug-likeness (QED) is 0.743. The molecule has 0 heterocycles. The summed E-state index contributed by atoms with van der Waals surface area (Å²) in [6, 6.07) is 16.3. The fourth-order valence-corrected chi connectivity index (χ4v) is 2.55. The van der Waals surface area contributed by atoms with Crippen molar-refractivity contribution in [1.29, 1.82) is 0 Å². The van der Waals surface area contributed by atoms with Crippen molar-refractivity contribution >= 4 is 11.8 Å². The molecule has 6 nitrogen and oxygen atoms in total. The predicted molar refractivity (Wildman–Crippen MR) is 98.5 cm³/mol. The van der Waals surface area contributed by atoms with Gasteiger partial charge in [-0.15, -0.1) is 0 Å². The van der Waals surface area contributed by atoms with Crippen molar-refractivity contribution in [3.05, 3.63) is 65.7 Å². The Hall–Kier alpha value is -2.86. The number of methoxy groups -OCH3 is 1. The van der Waals surface area contributed by atoms with Gasteiger partial charge in [-0.3, -0.25) is 9.59 Å². The van der Waals surface area contributed by atoms with Crippen LogP contribution in [-0.4, -0.2) is 42.1 Å². The zero-order valence-electron chi connectivity index (χ0n) is 15.0. The number of benzene rings is 2. The first kappa shape index (κ1) is 19.5. The molecule has 2 aromatic rings. The lowest BCUT2D eigenvalue weighted by Crippen LogP contribution is -2.44. The first-order valence-corrected chi connectivity index (χ1v) is 8.43. The van der Waals surface area contributed by atoms with Gasteiger partial charge in [-0.2, -0.15) is 0 Å². The largest absolute Gasteiger partial charge is 0.497 e. The summed E-state index contributed by atoms with van der Waals surface area (Å²) in [6.45, 7) is 1.96. The maximum Gasteiger partial charge on any atom is 0.312 e. The normalized spacial score (nSPS) is 11.5. The van der Waals surface area contributed by atoms with Crippen molar-refractivity contribution in [1.82, 2.24) is 10.2 Å². The number of amides is 2. The van der Waals surface area contributed by atoms with Crippen LogP contribution in [0, 0.1) is 0 Å². The van der Waals surface area contributed by atoms with Crippen molar-refractivity contribution in [3.63, 3.8) is 0 Å². The number of ether oxygens (including phenoxy) is 1. The molecule has 2 aromatic carbocycles. The predicted octanol–water partition coefficient (Wildman–Crippen LogP) is 1.89. The number of aliphatic hydroxyl groups excluding tert-OH is 1. The van der Waals surface area contributed by atoms with Gasteiger partial charge >= 0.3 is 11.8 Å². The molecule has 0 aliphatic carbocycles. The van der Waals surface area contributed by atoms with Crippen LogP contribution < -0.4 is 10.1 Å². The van der Waals surface area contributed by atoms with E-state index in [-0.39, 0.29) is 25.7 Å². The van der Waals surface area contributed by atoms with E-state index in [0.29, 0.717) is 0 Å². The lowest BCUT2D eigenvalue weighted by Gasteiger charge is -2.22. The second-order valence-corrected chi connectivity index (χ2v) is 5.90. The molecule has 2 N–H and O–H groups in total. The lowest BCUT2D eigenvalue weighted by atomic mass is 10.1. The highest BCUT2D eigenvalue weighted by molar-refractivity contribution is 6.35. The SMILES string of the molecule is COc1ccc(C(C)NC(=O)C(=O)N(CCO)Cc2ccccc2)cc1. The summed E-state index contributed by atoms with van der Waals surface area (Å²) in [5.41, 5.74) is 1.76. The highest BCUT2D eigenvalue weighted by Crippen LogP contribution is 2.17. The van der Waals surface area contributed by atoms with Crippen LogP contribution in [0.5, 0.6) is 5.75 Å². The van der Waals surface area contributed by atoms with E-state index >= 15 is 0 Å². The van der Waals surface area contributed by atoms with Gasteiger partial charge in [0.2, 0.25) is 0 Å². The van der Waals surface area contributed by atoms with Crippen LogP contribution in [0.2, 0.25) is 0 Å². The third-order valence-corrected chi connectivity index (χ3v) is 4.03. The first-order chi connectivity index (χ1) is 12.5. The molecular weight excluding hydrogens is 332 g/mol. The Kier molecular flexibility index (Phi) is 7.17. The summed E-state index contributed by atoms with van der Waals surface area (Å²) in [5.74, 6) is -0.638. The zero-order chi connectivity index (χ0) is 18.9. The average molecular weight is 356 g/mol. The number of carbonyl (C=O) groups is 2. The Morgan fingerprint density at radius 3 is 2.35 bits per heavy atom. The molecule has 138 valence electrons. The van der Waals surface area contributed by atoms with Gasteiger partial charge < -0.3 is 20.1 Å². The Morgan fingerprint density at radius 1 is 1.12 bits per heavy atom. The van der Waals surface area contributed by atoms with Gasteiger partial charge in [-0.1, -0.05) is 42.5 Å². The molecule has 0 fully saturated rings. The van der Waals surface area contributed by atoms with Gasteiger partial charge in [0.05, 0.1) is 19.8 Å². The molecule has 2 amide bonds. The summed E-state index contributed by atoms with van der Waals surface area (Å²) in [7, 11) is 1.58. The van der Waals surface area contributed by atoms with E-state index in [4.69, 9.17) is 4.74 Å². The van der Waals surface area contributed by atoms with Crippen LogP contribution in [0.25, 0.3) is 0 Å². The summed E-state index contributed by atoms with van der Waals surface area (Å²) in [6.07, 6.45) is 0. The number of hydrogen-bond donors (Lipinski definition) is 2. The minimum Gasteiger partial charge on any atom is -0.497 e. The van der Waals surface area contributed by atoms with Gasteiger partial charge in [0, 0.05) is 13.1 Å². The van der Waals surface area contributed by atoms with E-state index < -0.39 is 11.8 Å². The Morgan fingerprint density at radius 2 is 1.77 bits per heavy atom. The third kappa shape index (κ3) is 5.32. The molecule has 0 spiro atoms. The zero-order valence-corrected chi connectivity index (χ0v) is 15.0. The van der Waals surface area contributed by atoms with Crippen molar-refractivity contribution in [3.8, 4) is 5.75 Å². The van der Waals surface area contributed by atoms with Gasteiger partial charge in [-0.25, -0.2) is 0 Å². The molecule has 0 saturated carbocycles. The van der Waals surface area contributed by atoms with Crippen molar-refractivity contribution in [2.75, 3.05) is 20.3 Å². The summed E-state index contributed by atoms with van der Waals surface area (Å²) in [5, 5.41) is 11.9. The molecule has 0 aliphatic heterocycles. The molecule has 1 atom stereocenters. The van der Waals surface area contributed by atoms with E-state index in [1.54, 1.807) is 26.2 Å². The van der Waals surface area contributed by atoms with Gasteiger partial charge in [0.25, 0.3) is 0 Å². The highest BCUT2D eigenvalue weighted by atomic mass is 16.5. The van der Waals surface area contributed by atoms with E-state index in [1.165, 1.54) is 4.90 Å². The molecule has 0 saturated heterocycles. The lowest BCUT2D eigenvalue weighted by molar-refractivity contribution is -0.146. The maximum absolute atomic E-state index is 12.5.